The Morgan fingerprint density at radius 2 is 2.50 bits per heavy atom. The van der Waals surface area contributed by atoms with Gasteiger partial charge in [-0.25, -0.2) is 4.98 Å². The molecule has 0 radical (unpaired) electrons. The largest absolute Gasteiger partial charge is 0.493 e. The summed E-state index contributed by atoms with van der Waals surface area (Å²) in [4.78, 5) is 3.95. The second-order valence-corrected chi connectivity index (χ2v) is 2.32. The summed E-state index contributed by atoms with van der Waals surface area (Å²) in [5, 5.41) is 0. The predicted octanol–water partition coefficient (Wildman–Crippen LogP) is 0.599. The minimum Gasteiger partial charge on any atom is -0.493 e. The summed E-state index contributed by atoms with van der Waals surface area (Å²) in [5.41, 5.74) is 6.60. The van der Waals surface area contributed by atoms with Crippen LogP contribution in [-0.2, 0) is 6.42 Å². The number of hydrogen-bond donors (Lipinski definition) is 1. The molecule has 0 amide bonds. The lowest BCUT2D eigenvalue weighted by atomic mass is 10.2. The molecule has 1 aromatic rings. The van der Waals surface area contributed by atoms with Crippen molar-refractivity contribution in [2.45, 2.75) is 6.42 Å². The van der Waals surface area contributed by atoms with Gasteiger partial charge in [-0.15, -0.1) is 0 Å². The Hall–Kier alpha value is -1.25. The molecular formula is C7H8N2O. The third-order valence-electron chi connectivity index (χ3n) is 1.59. The zero-order valence-electron chi connectivity index (χ0n) is 5.50. The van der Waals surface area contributed by atoms with E-state index in [9.17, 15) is 0 Å². The third kappa shape index (κ3) is 0.708. The number of hydrogen-bond acceptors (Lipinski definition) is 3. The molecule has 2 heterocycles. The molecule has 0 unspecified atom stereocenters. The van der Waals surface area contributed by atoms with Gasteiger partial charge in [0.05, 0.1) is 6.61 Å². The van der Waals surface area contributed by atoms with Crippen molar-refractivity contribution >= 4 is 5.82 Å². The molecule has 0 fully saturated rings. The van der Waals surface area contributed by atoms with Crippen molar-refractivity contribution in [1.82, 2.24) is 4.98 Å². The Bertz CT molecular complexity index is 260. The summed E-state index contributed by atoms with van der Waals surface area (Å²) in [5.74, 6) is 1.42. The zero-order chi connectivity index (χ0) is 6.97. The average molecular weight is 136 g/mol. The number of pyridine rings is 1. The molecule has 0 saturated carbocycles. The first kappa shape index (κ1) is 5.53. The second kappa shape index (κ2) is 1.87. The first-order valence-electron chi connectivity index (χ1n) is 3.23. The van der Waals surface area contributed by atoms with Gasteiger partial charge in [0.1, 0.15) is 11.6 Å². The van der Waals surface area contributed by atoms with E-state index in [2.05, 4.69) is 4.98 Å². The molecule has 0 spiro atoms. The fraction of sp³-hybridized carbons (Fsp3) is 0.286. The molecule has 0 aromatic carbocycles. The van der Waals surface area contributed by atoms with E-state index in [0.717, 1.165) is 24.3 Å². The van der Waals surface area contributed by atoms with Crippen LogP contribution >= 0.6 is 0 Å². The Labute approximate surface area is 58.8 Å². The fourth-order valence-electron chi connectivity index (χ4n) is 1.07. The molecular weight excluding hydrogens is 128 g/mol. The molecule has 0 aliphatic carbocycles. The molecule has 3 heteroatoms. The minimum atomic E-state index is 0.528. The van der Waals surface area contributed by atoms with Gasteiger partial charge in [-0.3, -0.25) is 0 Å². The highest BCUT2D eigenvalue weighted by molar-refractivity contribution is 5.43. The van der Waals surface area contributed by atoms with E-state index in [0.29, 0.717) is 5.82 Å². The number of anilines is 1. The van der Waals surface area contributed by atoms with E-state index in [4.69, 9.17) is 10.5 Å². The highest BCUT2D eigenvalue weighted by Gasteiger charge is 2.11. The van der Waals surface area contributed by atoms with Crippen LogP contribution in [0.1, 0.15) is 5.56 Å². The number of aromatic nitrogens is 1. The van der Waals surface area contributed by atoms with Crippen molar-refractivity contribution in [2.24, 2.45) is 0 Å². The second-order valence-electron chi connectivity index (χ2n) is 2.32. The SMILES string of the molecule is Nc1cc2c(cn1)CCO2. The Balaban J connectivity index is 2.52. The van der Waals surface area contributed by atoms with Gasteiger partial charge in [0, 0.05) is 24.2 Å². The maximum Gasteiger partial charge on any atom is 0.127 e. The summed E-state index contributed by atoms with van der Waals surface area (Å²) in [6.07, 6.45) is 2.74. The van der Waals surface area contributed by atoms with Crippen LogP contribution in [0.5, 0.6) is 5.75 Å². The van der Waals surface area contributed by atoms with Crippen LogP contribution in [0, 0.1) is 0 Å². The van der Waals surface area contributed by atoms with Crippen LogP contribution in [0.25, 0.3) is 0 Å². The van der Waals surface area contributed by atoms with E-state index >= 15 is 0 Å². The highest BCUT2D eigenvalue weighted by Crippen LogP contribution is 2.24. The third-order valence-corrected chi connectivity index (χ3v) is 1.59. The van der Waals surface area contributed by atoms with Crippen molar-refractivity contribution in [3.63, 3.8) is 0 Å². The summed E-state index contributed by atoms with van der Waals surface area (Å²) >= 11 is 0. The van der Waals surface area contributed by atoms with Crippen molar-refractivity contribution < 1.29 is 4.74 Å². The topological polar surface area (TPSA) is 48.1 Å². The standard InChI is InChI=1S/C7H8N2O/c8-7-3-6-5(4-9-7)1-2-10-6/h3-4H,1-2H2,(H2,8,9). The molecule has 2 rings (SSSR count). The average Bonchev–Trinajstić information content (AvgIpc) is 2.33. The van der Waals surface area contributed by atoms with Crippen LogP contribution in [0.15, 0.2) is 12.3 Å². The van der Waals surface area contributed by atoms with Crippen LogP contribution < -0.4 is 10.5 Å². The minimum absolute atomic E-state index is 0.528. The van der Waals surface area contributed by atoms with Crippen molar-refractivity contribution in [1.29, 1.82) is 0 Å². The zero-order valence-corrected chi connectivity index (χ0v) is 5.50. The van der Waals surface area contributed by atoms with Gasteiger partial charge in [-0.1, -0.05) is 0 Å². The first-order valence-corrected chi connectivity index (χ1v) is 3.23. The molecule has 0 saturated heterocycles. The first-order chi connectivity index (χ1) is 4.86. The van der Waals surface area contributed by atoms with Crippen LogP contribution in [0.4, 0.5) is 5.82 Å². The monoisotopic (exact) mass is 136 g/mol. The van der Waals surface area contributed by atoms with Crippen LogP contribution in [0.2, 0.25) is 0 Å². The summed E-state index contributed by atoms with van der Waals surface area (Å²) in [7, 11) is 0. The molecule has 1 aliphatic heterocycles. The number of nitrogen functional groups attached to an aromatic ring is 1. The quantitative estimate of drug-likeness (QED) is 0.568. The van der Waals surface area contributed by atoms with Crippen molar-refractivity contribution in [3.05, 3.63) is 17.8 Å². The summed E-state index contributed by atoms with van der Waals surface area (Å²) < 4.78 is 5.26. The number of nitrogens with two attached hydrogens (primary N) is 1. The maximum absolute atomic E-state index is 5.44. The smallest absolute Gasteiger partial charge is 0.127 e. The predicted molar refractivity (Wildman–Crippen MR) is 37.8 cm³/mol. The summed E-state index contributed by atoms with van der Waals surface area (Å²) in [6, 6.07) is 1.77. The lowest BCUT2D eigenvalue weighted by molar-refractivity contribution is 0.357. The Morgan fingerprint density at radius 3 is 3.40 bits per heavy atom. The van der Waals surface area contributed by atoms with Gasteiger partial charge in [-0.2, -0.15) is 0 Å². The highest BCUT2D eigenvalue weighted by atomic mass is 16.5. The molecule has 52 valence electrons. The van der Waals surface area contributed by atoms with Gasteiger partial charge in [0.2, 0.25) is 0 Å². The lowest BCUT2D eigenvalue weighted by Gasteiger charge is -1.97. The molecule has 1 aliphatic rings. The van der Waals surface area contributed by atoms with Crippen molar-refractivity contribution in [2.75, 3.05) is 12.3 Å². The fourth-order valence-corrected chi connectivity index (χ4v) is 1.07. The van der Waals surface area contributed by atoms with Gasteiger partial charge in [0.25, 0.3) is 0 Å². The van der Waals surface area contributed by atoms with E-state index in [1.54, 1.807) is 12.3 Å². The number of rotatable bonds is 0. The van der Waals surface area contributed by atoms with Gasteiger partial charge < -0.3 is 10.5 Å². The van der Waals surface area contributed by atoms with Crippen molar-refractivity contribution in [3.8, 4) is 5.75 Å². The Kier molecular flexibility index (Phi) is 1.03. The number of fused-ring (bicyclic) bond motifs is 1. The normalized spacial score (nSPS) is 14.4. The van der Waals surface area contributed by atoms with E-state index < -0.39 is 0 Å². The maximum atomic E-state index is 5.44. The van der Waals surface area contributed by atoms with Crippen LogP contribution in [-0.4, -0.2) is 11.6 Å². The van der Waals surface area contributed by atoms with Gasteiger partial charge >= 0.3 is 0 Å². The van der Waals surface area contributed by atoms with Crippen LogP contribution in [0.3, 0.4) is 0 Å². The molecule has 0 atom stereocenters. The molecule has 2 N–H and O–H groups in total. The molecule has 1 aromatic heterocycles. The Morgan fingerprint density at radius 1 is 1.60 bits per heavy atom. The van der Waals surface area contributed by atoms with Gasteiger partial charge in [0.15, 0.2) is 0 Å². The van der Waals surface area contributed by atoms with E-state index in [-0.39, 0.29) is 0 Å². The molecule has 10 heavy (non-hydrogen) atoms. The lowest BCUT2D eigenvalue weighted by Crippen LogP contribution is -1.90. The van der Waals surface area contributed by atoms with Gasteiger partial charge in [-0.05, 0) is 0 Å². The molecule has 0 bridgehead atoms. The molecule has 3 nitrogen and oxygen atoms in total. The number of nitrogens with zero attached hydrogens (tertiary/aromatic N) is 1. The number of ether oxygens (including phenoxy) is 1. The van der Waals surface area contributed by atoms with E-state index in [1.807, 2.05) is 0 Å². The van der Waals surface area contributed by atoms with E-state index in [1.165, 1.54) is 0 Å². The summed E-state index contributed by atoms with van der Waals surface area (Å²) in [6.45, 7) is 0.764.